The number of oxime groups is 1. The lowest BCUT2D eigenvalue weighted by molar-refractivity contribution is -0.684. The van der Waals surface area contributed by atoms with Crippen LogP contribution in [-0.2, 0) is 41.9 Å². The van der Waals surface area contributed by atoms with Crippen LogP contribution < -0.4 is 20.9 Å². The van der Waals surface area contributed by atoms with Gasteiger partial charge in [-0.2, -0.15) is 4.57 Å². The van der Waals surface area contributed by atoms with Crippen LogP contribution in [0.25, 0.3) is 0 Å². The van der Waals surface area contributed by atoms with E-state index in [9.17, 15) is 34.2 Å². The summed E-state index contributed by atoms with van der Waals surface area (Å²) in [5, 5.41) is 30.4. The Labute approximate surface area is 317 Å². The molecule has 4 aliphatic rings. The number of hydrogen-bond acceptors (Lipinski definition) is 12. The van der Waals surface area contributed by atoms with Crippen LogP contribution in [0.4, 0.5) is 10.8 Å². The van der Waals surface area contributed by atoms with Crippen molar-refractivity contribution in [2.24, 2.45) is 5.16 Å². The molecule has 7 rings (SSSR count). The minimum absolute atomic E-state index is 0.0306. The van der Waals surface area contributed by atoms with E-state index in [-0.39, 0.29) is 64.7 Å². The number of pyridine rings is 1. The predicted octanol–water partition coefficient (Wildman–Crippen LogP) is 2.12. The number of amides is 4. The number of aromatic hydroxyl groups is 1. The summed E-state index contributed by atoms with van der Waals surface area (Å²) < 4.78 is 1.70. The van der Waals surface area contributed by atoms with Gasteiger partial charge in [-0.05, 0) is 74.1 Å². The molecule has 6 N–H and O–H groups in total. The maximum atomic E-state index is 13.5. The highest BCUT2D eigenvalue weighted by molar-refractivity contribution is 8.00. The normalized spacial score (nSPS) is 21.0. The molecule has 280 valence electrons. The zero-order chi connectivity index (χ0) is 37.9. The summed E-state index contributed by atoms with van der Waals surface area (Å²) in [5.41, 5.74) is 7.76. The number of nitrogen functional groups attached to an aromatic ring is 1. The number of carbonyl (C=O) groups is 5. The van der Waals surface area contributed by atoms with E-state index in [2.05, 4.69) is 20.8 Å². The van der Waals surface area contributed by atoms with Crippen LogP contribution in [0.1, 0.15) is 43.4 Å². The fourth-order valence-electron chi connectivity index (χ4n) is 6.75. The molecule has 3 aromatic rings. The van der Waals surface area contributed by atoms with Gasteiger partial charge in [-0.3, -0.25) is 24.1 Å². The third kappa shape index (κ3) is 7.93. The molecule has 1 saturated carbocycles. The largest absolute Gasteiger partial charge is 0.508 e. The van der Waals surface area contributed by atoms with Crippen molar-refractivity contribution >= 4 is 69.2 Å². The molecule has 2 atom stereocenters. The first kappa shape index (κ1) is 36.6. The average molecular weight is 774 g/mol. The first-order chi connectivity index (χ1) is 26.0. The second-order valence-corrected chi connectivity index (χ2v) is 15.2. The molecule has 0 unspecified atom stereocenters. The van der Waals surface area contributed by atoms with Gasteiger partial charge in [-0.1, -0.05) is 5.16 Å². The van der Waals surface area contributed by atoms with Gasteiger partial charge in [0, 0.05) is 40.6 Å². The number of allylic oxidation sites excluding steroid dienone is 1. The molecule has 2 aromatic heterocycles. The highest BCUT2D eigenvalue weighted by Crippen LogP contribution is 2.41. The van der Waals surface area contributed by atoms with E-state index >= 15 is 0 Å². The summed E-state index contributed by atoms with van der Waals surface area (Å²) in [5.74, 6) is -2.84. The topological polar surface area (TPSA) is 221 Å². The molecule has 2 saturated heterocycles. The van der Waals surface area contributed by atoms with Gasteiger partial charge in [0.1, 0.15) is 34.7 Å². The summed E-state index contributed by atoms with van der Waals surface area (Å²) in [7, 11) is 0. The van der Waals surface area contributed by atoms with Gasteiger partial charge in [0.15, 0.2) is 23.2 Å². The number of carboxylic acid groups (broad SMARTS) is 1. The number of thiazole rings is 1. The number of nitrogens with zero attached hydrogens (tertiary/aromatic N) is 5. The summed E-state index contributed by atoms with van der Waals surface area (Å²) in [6, 6.07) is 8.76. The number of aromatic nitrogens is 2. The van der Waals surface area contributed by atoms with Crippen molar-refractivity contribution in [1.82, 2.24) is 20.1 Å². The van der Waals surface area contributed by atoms with E-state index in [0.29, 0.717) is 29.8 Å². The number of nitrogens with one attached hydrogen (secondary N) is 2. The summed E-state index contributed by atoms with van der Waals surface area (Å²) in [6.45, 7) is 0.708. The Hall–Kier alpha value is -5.75. The Morgan fingerprint density at radius 1 is 1.15 bits per heavy atom. The highest BCUT2D eigenvalue weighted by Gasteiger charge is 2.54. The molecule has 3 fully saturated rings. The fraction of sp³-hybridized carbons (Fsp3) is 0.333. The average Bonchev–Trinajstić information content (AvgIpc) is 3.91. The second-order valence-electron chi connectivity index (χ2n) is 13.2. The van der Waals surface area contributed by atoms with Crippen molar-refractivity contribution in [2.45, 2.75) is 62.7 Å². The van der Waals surface area contributed by atoms with Gasteiger partial charge in [0.2, 0.25) is 12.5 Å². The number of phenols is 1. The molecule has 54 heavy (non-hydrogen) atoms. The number of thioether (sulfide) groups is 1. The van der Waals surface area contributed by atoms with Gasteiger partial charge in [0.25, 0.3) is 17.7 Å². The van der Waals surface area contributed by atoms with Gasteiger partial charge < -0.3 is 36.3 Å². The van der Waals surface area contributed by atoms with Crippen LogP contribution in [0.5, 0.6) is 5.75 Å². The number of benzene rings is 1. The fourth-order valence-corrected chi connectivity index (χ4v) is 8.60. The van der Waals surface area contributed by atoms with Crippen molar-refractivity contribution in [2.75, 3.05) is 23.3 Å². The summed E-state index contributed by atoms with van der Waals surface area (Å²) >= 11 is 2.42. The van der Waals surface area contributed by atoms with E-state index in [0.717, 1.165) is 47.5 Å². The molecule has 0 radical (unpaired) electrons. The van der Waals surface area contributed by atoms with Crippen LogP contribution in [0.2, 0.25) is 0 Å². The number of rotatable bonds is 12. The number of carboxylic acids is 1. The van der Waals surface area contributed by atoms with Gasteiger partial charge in [-0.15, -0.1) is 23.1 Å². The number of carbonyl (C=O) groups excluding carboxylic acids is 4. The number of β-lactam (4-membered cyclic amide) rings is 1. The zero-order valence-electron chi connectivity index (χ0n) is 28.8. The van der Waals surface area contributed by atoms with Gasteiger partial charge >= 0.3 is 5.97 Å². The Balaban J connectivity index is 1.000. The lowest BCUT2D eigenvalue weighted by atomic mass is 10.0. The molecule has 16 nitrogen and oxygen atoms in total. The first-order valence-electron chi connectivity index (χ1n) is 17.3. The summed E-state index contributed by atoms with van der Waals surface area (Å²) in [6.07, 6.45) is 8.98. The number of hydrogen-bond donors (Lipinski definition) is 5. The smallest absolute Gasteiger partial charge is 0.352 e. The second kappa shape index (κ2) is 15.7. The number of fused-ring (bicyclic) bond motifs is 1. The van der Waals surface area contributed by atoms with E-state index in [1.807, 2.05) is 6.07 Å². The number of nitrogens with two attached hydrogens (primary N) is 1. The molecule has 0 bridgehead atoms. The predicted molar refractivity (Wildman–Crippen MR) is 198 cm³/mol. The SMILES string of the molecule is Nc1nc(/C(=N/OC2CCCC2)C(=O)N[C@@H]2C(=O)N3C(C(=O)O)=C(C=C4CCN(Cc5ccc[n+](CC(=O)Nc6ccc(O)cc6)c5)C4=O)CS[C@H]23)cs1. The summed E-state index contributed by atoms with van der Waals surface area (Å²) in [4.78, 5) is 78.1. The number of anilines is 2. The molecule has 5 heterocycles. The number of likely N-dealkylation sites (tertiary alicyclic amines) is 1. The Morgan fingerprint density at radius 2 is 1.93 bits per heavy atom. The van der Waals surface area contributed by atoms with E-state index in [1.165, 1.54) is 23.9 Å². The van der Waals surface area contributed by atoms with E-state index < -0.39 is 29.2 Å². The Morgan fingerprint density at radius 3 is 2.65 bits per heavy atom. The standard InChI is InChI=1S/C36H36N8O8S2/c37-36-39-26(19-54-36)28(41-52-25-5-1-2-6-25)31(47)40-29-33(49)44-30(35(50)51)22(18-53-34(29)44)14-21-11-13-43(32(21)48)16-20-4-3-12-42(15-20)17-27(46)38-23-7-9-24(45)10-8-23/h3-4,7-10,12,14-15,19,25,29,34H,1-2,5-6,11,13,16-18H2,(H5-,37,38,39,40,41,45,46,47,50,51)/p+1/t29-,34-/m1/s1. The van der Waals surface area contributed by atoms with E-state index in [4.69, 9.17) is 10.6 Å². The molecule has 1 aromatic carbocycles. The van der Waals surface area contributed by atoms with Crippen molar-refractivity contribution in [3.63, 3.8) is 0 Å². The van der Waals surface area contributed by atoms with Crippen molar-refractivity contribution in [3.8, 4) is 5.75 Å². The lowest BCUT2D eigenvalue weighted by Gasteiger charge is -2.49. The minimum Gasteiger partial charge on any atom is -0.508 e. The van der Waals surface area contributed by atoms with Crippen LogP contribution in [-0.4, -0.2) is 90.1 Å². The van der Waals surface area contributed by atoms with Crippen molar-refractivity contribution in [3.05, 3.63) is 88.3 Å². The maximum absolute atomic E-state index is 13.5. The van der Waals surface area contributed by atoms with Crippen LogP contribution >= 0.6 is 23.1 Å². The molecule has 1 aliphatic carbocycles. The third-order valence-electron chi connectivity index (χ3n) is 9.39. The van der Waals surface area contributed by atoms with Crippen LogP contribution in [0.3, 0.4) is 0 Å². The molecule has 18 heteroatoms. The lowest BCUT2D eigenvalue weighted by Crippen LogP contribution is -2.71. The molecular formula is C36H37N8O8S2+. The Kier molecular flexibility index (Phi) is 10.6. The van der Waals surface area contributed by atoms with E-state index in [1.54, 1.807) is 51.5 Å². The van der Waals surface area contributed by atoms with Crippen molar-refractivity contribution in [1.29, 1.82) is 0 Å². The molecule has 3 aliphatic heterocycles. The van der Waals surface area contributed by atoms with Crippen LogP contribution in [0, 0.1) is 0 Å². The molecule has 4 amide bonds. The Bertz CT molecular complexity index is 2090. The highest BCUT2D eigenvalue weighted by atomic mass is 32.2. The monoisotopic (exact) mass is 773 g/mol. The number of phenolic OH excluding ortho intramolecular Hbond substituents is 1. The van der Waals surface area contributed by atoms with Gasteiger partial charge in [-0.25, -0.2) is 9.78 Å². The quantitative estimate of drug-likeness (QED) is 0.0448. The molecular weight excluding hydrogens is 737 g/mol. The van der Waals surface area contributed by atoms with Crippen molar-refractivity contribution < 1.29 is 43.6 Å². The van der Waals surface area contributed by atoms with Crippen LogP contribution in [0.15, 0.2) is 82.2 Å². The number of aliphatic carboxylic acids is 1. The molecule has 0 spiro atoms. The minimum atomic E-state index is -1.32. The third-order valence-corrected chi connectivity index (χ3v) is 11.4. The first-order valence-corrected chi connectivity index (χ1v) is 19.2. The van der Waals surface area contributed by atoms with Gasteiger partial charge in [0.05, 0.1) is 6.54 Å². The zero-order valence-corrected chi connectivity index (χ0v) is 30.5. The maximum Gasteiger partial charge on any atom is 0.352 e.